The molecule has 116 valence electrons. The second-order valence-electron chi connectivity index (χ2n) is 4.77. The molecule has 3 unspecified atom stereocenters. The van der Waals surface area contributed by atoms with Crippen molar-refractivity contribution in [2.75, 3.05) is 20.3 Å². The number of hydrogen-bond acceptors (Lipinski definition) is 6. The number of aryl methyl sites for hydroxylation is 1. The van der Waals surface area contributed by atoms with Gasteiger partial charge in [0.2, 0.25) is 5.75 Å². The molecule has 1 aromatic heterocycles. The van der Waals surface area contributed by atoms with Crippen molar-refractivity contribution in [1.82, 2.24) is 4.98 Å². The molecule has 2 rings (SSSR count). The molecule has 1 aliphatic rings. The molecular weight excluding hydrogens is 344 g/mol. The molecule has 1 saturated carbocycles. The Balaban J connectivity index is 2.03. The van der Waals surface area contributed by atoms with Gasteiger partial charge in [-0.3, -0.25) is 0 Å². The van der Waals surface area contributed by atoms with E-state index >= 15 is 0 Å². The van der Waals surface area contributed by atoms with Crippen LogP contribution in [0, 0.1) is 17.0 Å². The predicted octanol–water partition coefficient (Wildman–Crippen LogP) is 2.24. The van der Waals surface area contributed by atoms with Crippen molar-refractivity contribution in [3.05, 3.63) is 27.9 Å². The maximum atomic E-state index is 11.0. The van der Waals surface area contributed by atoms with Crippen LogP contribution in [0.3, 0.4) is 0 Å². The summed E-state index contributed by atoms with van der Waals surface area (Å²) in [5.74, 6) is -0.0843. The zero-order valence-corrected chi connectivity index (χ0v) is 13.4. The number of alkyl halides is 1. The van der Waals surface area contributed by atoms with Gasteiger partial charge in [0, 0.05) is 25.3 Å². The third-order valence-corrected chi connectivity index (χ3v) is 4.10. The molecule has 21 heavy (non-hydrogen) atoms. The third kappa shape index (κ3) is 3.90. The van der Waals surface area contributed by atoms with E-state index in [-0.39, 0.29) is 28.6 Å². The molecule has 0 radical (unpaired) electrons. The second kappa shape index (κ2) is 7.15. The summed E-state index contributed by atoms with van der Waals surface area (Å²) in [5.41, 5.74) is 0.578. The summed E-state index contributed by atoms with van der Waals surface area (Å²) in [6.07, 6.45) is 0.346. The number of pyridine rings is 1. The number of aromatic nitrogens is 1. The molecule has 0 spiro atoms. The van der Waals surface area contributed by atoms with Gasteiger partial charge in [-0.25, -0.2) is 0 Å². The minimum absolute atomic E-state index is 0.152. The Bertz CT molecular complexity index is 513. The molecule has 1 aliphatic carbocycles. The van der Waals surface area contributed by atoms with E-state index < -0.39 is 4.92 Å². The zero-order chi connectivity index (χ0) is 15.4. The first kappa shape index (κ1) is 16.1. The van der Waals surface area contributed by atoms with E-state index in [1.165, 1.54) is 0 Å². The monoisotopic (exact) mass is 360 g/mol. The summed E-state index contributed by atoms with van der Waals surface area (Å²) in [5, 5.41) is 11.0. The summed E-state index contributed by atoms with van der Waals surface area (Å²) in [6.45, 7) is 2.65. The Kier molecular flexibility index (Phi) is 5.49. The maximum absolute atomic E-state index is 11.0. The highest BCUT2D eigenvalue weighted by Gasteiger charge is 2.43. The summed E-state index contributed by atoms with van der Waals surface area (Å²) in [7, 11) is 1.60. The fraction of sp³-hybridized carbons (Fsp3) is 0.615. The van der Waals surface area contributed by atoms with Crippen molar-refractivity contribution < 1.29 is 19.1 Å². The third-order valence-electron chi connectivity index (χ3n) is 3.21. The lowest BCUT2D eigenvalue weighted by Gasteiger charge is -2.40. The topological polar surface area (TPSA) is 83.7 Å². The second-order valence-corrected chi connectivity index (χ2v) is 5.94. The maximum Gasteiger partial charge on any atom is 0.406 e. The summed E-state index contributed by atoms with van der Waals surface area (Å²) in [4.78, 5) is 14.6. The van der Waals surface area contributed by atoms with E-state index in [9.17, 15) is 10.1 Å². The van der Waals surface area contributed by atoms with Crippen molar-refractivity contribution >= 4 is 21.7 Å². The minimum Gasteiger partial charge on any atom is -0.480 e. The van der Waals surface area contributed by atoms with Crippen LogP contribution in [0.15, 0.2) is 12.1 Å². The molecule has 3 atom stereocenters. The SMILES string of the molecule is COCCOC1C(Br)CC1Oc1ccc(C)nc1[N+](=O)[O-]. The van der Waals surface area contributed by atoms with Gasteiger partial charge < -0.3 is 24.3 Å². The van der Waals surface area contributed by atoms with Crippen LogP contribution in [-0.4, -0.2) is 47.3 Å². The summed E-state index contributed by atoms with van der Waals surface area (Å²) in [6, 6.07) is 3.27. The van der Waals surface area contributed by atoms with Gasteiger partial charge in [0.15, 0.2) is 0 Å². The molecule has 0 saturated heterocycles. The van der Waals surface area contributed by atoms with Crippen molar-refractivity contribution in [1.29, 1.82) is 0 Å². The number of ether oxygens (including phenoxy) is 3. The fourth-order valence-electron chi connectivity index (χ4n) is 2.04. The Hall–Kier alpha value is -1.25. The Morgan fingerprint density at radius 2 is 2.24 bits per heavy atom. The molecule has 0 N–H and O–H groups in total. The summed E-state index contributed by atoms with van der Waals surface area (Å²) >= 11 is 3.50. The van der Waals surface area contributed by atoms with E-state index in [0.29, 0.717) is 18.9 Å². The van der Waals surface area contributed by atoms with Gasteiger partial charge in [-0.2, -0.15) is 0 Å². The van der Waals surface area contributed by atoms with Crippen LogP contribution < -0.4 is 4.74 Å². The van der Waals surface area contributed by atoms with E-state index in [1.807, 2.05) is 0 Å². The van der Waals surface area contributed by atoms with Crippen molar-refractivity contribution in [3.63, 3.8) is 0 Å². The highest BCUT2D eigenvalue weighted by atomic mass is 79.9. The smallest absolute Gasteiger partial charge is 0.406 e. The van der Waals surface area contributed by atoms with E-state index in [0.717, 1.165) is 6.42 Å². The number of rotatable bonds is 7. The van der Waals surface area contributed by atoms with Gasteiger partial charge in [-0.15, -0.1) is 0 Å². The van der Waals surface area contributed by atoms with E-state index in [2.05, 4.69) is 20.9 Å². The van der Waals surface area contributed by atoms with Crippen LogP contribution in [-0.2, 0) is 9.47 Å². The Labute approximate surface area is 130 Å². The molecule has 0 aromatic carbocycles. The first-order valence-corrected chi connectivity index (χ1v) is 7.47. The van der Waals surface area contributed by atoms with Crippen molar-refractivity contribution in [3.8, 4) is 5.75 Å². The Morgan fingerprint density at radius 1 is 1.48 bits per heavy atom. The molecule has 0 amide bonds. The van der Waals surface area contributed by atoms with E-state index in [4.69, 9.17) is 14.2 Å². The highest BCUT2D eigenvalue weighted by Crippen LogP contribution is 2.36. The van der Waals surface area contributed by atoms with E-state index in [1.54, 1.807) is 26.2 Å². The first-order chi connectivity index (χ1) is 10.0. The van der Waals surface area contributed by atoms with Crippen LogP contribution in [0.25, 0.3) is 0 Å². The fourth-order valence-corrected chi connectivity index (χ4v) is 2.90. The predicted molar refractivity (Wildman–Crippen MR) is 79.0 cm³/mol. The molecule has 7 nitrogen and oxygen atoms in total. The van der Waals surface area contributed by atoms with Gasteiger partial charge in [0.25, 0.3) is 0 Å². The van der Waals surface area contributed by atoms with Gasteiger partial charge in [-0.1, -0.05) is 15.9 Å². The van der Waals surface area contributed by atoms with Crippen LogP contribution >= 0.6 is 15.9 Å². The number of halogens is 1. The lowest BCUT2D eigenvalue weighted by atomic mass is 9.91. The lowest BCUT2D eigenvalue weighted by Crippen LogP contribution is -2.52. The molecule has 0 bridgehead atoms. The first-order valence-electron chi connectivity index (χ1n) is 6.56. The highest BCUT2D eigenvalue weighted by molar-refractivity contribution is 9.09. The van der Waals surface area contributed by atoms with Crippen molar-refractivity contribution in [2.24, 2.45) is 0 Å². The average molecular weight is 361 g/mol. The normalized spacial score (nSPS) is 24.4. The van der Waals surface area contributed by atoms with Gasteiger partial charge in [-0.05, 0) is 22.0 Å². The average Bonchev–Trinajstić information content (AvgIpc) is 2.44. The number of nitro groups is 1. The number of hydrogen-bond donors (Lipinski definition) is 0. The van der Waals surface area contributed by atoms with Crippen LogP contribution in [0.4, 0.5) is 5.82 Å². The molecule has 1 heterocycles. The van der Waals surface area contributed by atoms with Crippen LogP contribution in [0.5, 0.6) is 5.75 Å². The molecule has 0 aliphatic heterocycles. The minimum atomic E-state index is -0.534. The molecule has 1 aromatic rings. The van der Waals surface area contributed by atoms with Crippen LogP contribution in [0.1, 0.15) is 12.1 Å². The van der Waals surface area contributed by atoms with Crippen molar-refractivity contribution in [2.45, 2.75) is 30.4 Å². The summed E-state index contributed by atoms with van der Waals surface area (Å²) < 4.78 is 16.3. The lowest BCUT2D eigenvalue weighted by molar-refractivity contribution is -0.391. The number of nitrogens with zero attached hydrogens (tertiary/aromatic N) is 2. The molecular formula is C13H17BrN2O5. The van der Waals surface area contributed by atoms with Gasteiger partial charge in [0.05, 0.1) is 13.2 Å². The molecule has 8 heteroatoms. The van der Waals surface area contributed by atoms with Gasteiger partial charge >= 0.3 is 5.82 Å². The van der Waals surface area contributed by atoms with Gasteiger partial charge in [0.1, 0.15) is 17.9 Å². The molecule has 1 fully saturated rings. The largest absolute Gasteiger partial charge is 0.480 e. The number of methoxy groups -OCH3 is 1. The zero-order valence-electron chi connectivity index (χ0n) is 11.8. The Morgan fingerprint density at radius 3 is 2.86 bits per heavy atom. The standard InChI is InChI=1S/C13H17BrN2O5/c1-8-3-4-10(13(15-8)16(17)18)21-11-7-9(14)12(11)20-6-5-19-2/h3-4,9,11-12H,5-7H2,1-2H3. The quantitative estimate of drug-likeness (QED) is 0.321. The van der Waals surface area contributed by atoms with Crippen LogP contribution in [0.2, 0.25) is 0 Å².